The Bertz CT molecular complexity index is 1430. The van der Waals surface area contributed by atoms with Crippen molar-refractivity contribution in [3.63, 3.8) is 0 Å². The summed E-state index contributed by atoms with van der Waals surface area (Å²) >= 11 is 0. The Morgan fingerprint density at radius 2 is 1.82 bits per heavy atom. The van der Waals surface area contributed by atoms with Gasteiger partial charge < -0.3 is 19.0 Å². The summed E-state index contributed by atoms with van der Waals surface area (Å²) in [5.41, 5.74) is 1.38. The molecule has 0 aliphatic heterocycles. The Labute approximate surface area is 189 Å². The molecule has 0 bridgehead atoms. The summed E-state index contributed by atoms with van der Waals surface area (Å²) in [6.07, 6.45) is 4.76. The van der Waals surface area contributed by atoms with Crippen LogP contribution in [0.25, 0.3) is 24.1 Å². The molecule has 0 atom stereocenters. The largest absolute Gasteiger partial charge is 0.507 e. The van der Waals surface area contributed by atoms with Crippen LogP contribution in [-0.2, 0) is 0 Å². The van der Waals surface area contributed by atoms with Gasteiger partial charge in [-0.2, -0.15) is 0 Å². The summed E-state index contributed by atoms with van der Waals surface area (Å²) < 4.78 is 17.8. The predicted octanol–water partition coefficient (Wildman–Crippen LogP) is 3.12. The quantitative estimate of drug-likeness (QED) is 0.489. The maximum absolute atomic E-state index is 12.1. The van der Waals surface area contributed by atoms with Crippen molar-refractivity contribution >= 4 is 18.4 Å². The molecule has 8 nitrogen and oxygen atoms in total. The first-order valence-corrected chi connectivity index (χ1v) is 9.99. The van der Waals surface area contributed by atoms with Gasteiger partial charge in [0.15, 0.2) is 5.43 Å². The maximum atomic E-state index is 12.1. The molecule has 0 fully saturated rings. The molecule has 2 aromatic heterocycles. The van der Waals surface area contributed by atoms with Crippen molar-refractivity contribution in [2.45, 2.75) is 6.92 Å². The van der Waals surface area contributed by atoms with Crippen molar-refractivity contribution in [1.82, 2.24) is 15.0 Å². The highest BCUT2D eigenvalue weighted by Crippen LogP contribution is 2.21. The SMILES string of the molecule is C=c1oc(C)cc(=O)c1=C(O)/C=C/c1ccc(Oc2cn(-c3ccc(OC)cc3)nn2)cc1. The molecule has 2 aromatic carbocycles. The number of aliphatic hydroxyl groups is 1. The lowest BCUT2D eigenvalue weighted by Gasteiger charge is -2.03. The number of nitrogens with zero attached hydrogens (tertiary/aromatic N) is 3. The van der Waals surface area contributed by atoms with E-state index < -0.39 is 0 Å². The van der Waals surface area contributed by atoms with E-state index in [1.54, 1.807) is 55.3 Å². The third-order valence-corrected chi connectivity index (χ3v) is 4.75. The first-order valence-electron chi connectivity index (χ1n) is 9.99. The van der Waals surface area contributed by atoms with E-state index in [1.165, 1.54) is 12.1 Å². The van der Waals surface area contributed by atoms with Crippen molar-refractivity contribution in [3.05, 3.63) is 99.1 Å². The Hall–Kier alpha value is -4.59. The topological polar surface area (TPSA) is 99.6 Å². The number of rotatable bonds is 6. The first kappa shape index (κ1) is 21.6. The number of benzene rings is 2. The number of hydrogen-bond acceptors (Lipinski definition) is 7. The first-order chi connectivity index (χ1) is 15.9. The van der Waals surface area contributed by atoms with Crippen LogP contribution in [0.15, 0.2) is 76.1 Å². The second-order valence-corrected chi connectivity index (χ2v) is 7.11. The van der Waals surface area contributed by atoms with Gasteiger partial charge in [0, 0.05) is 6.07 Å². The number of aliphatic hydroxyl groups excluding tert-OH is 1. The zero-order valence-corrected chi connectivity index (χ0v) is 18.1. The van der Waals surface area contributed by atoms with Gasteiger partial charge in [-0.05, 0) is 55.0 Å². The van der Waals surface area contributed by atoms with E-state index in [0.717, 1.165) is 17.0 Å². The molecule has 0 amide bonds. The Balaban J connectivity index is 1.47. The zero-order valence-electron chi connectivity index (χ0n) is 18.1. The van der Waals surface area contributed by atoms with E-state index in [9.17, 15) is 9.90 Å². The fraction of sp³-hybridized carbons (Fsp3) is 0.0800. The van der Waals surface area contributed by atoms with Crippen LogP contribution < -0.4 is 25.5 Å². The molecule has 0 radical (unpaired) electrons. The molecule has 4 rings (SSSR count). The van der Waals surface area contributed by atoms with E-state index >= 15 is 0 Å². The van der Waals surface area contributed by atoms with Crippen LogP contribution in [0.4, 0.5) is 0 Å². The maximum Gasteiger partial charge on any atom is 0.259 e. The summed E-state index contributed by atoms with van der Waals surface area (Å²) in [5, 5.41) is 18.4. The van der Waals surface area contributed by atoms with Crippen LogP contribution in [0.5, 0.6) is 17.4 Å². The lowest BCUT2D eigenvalue weighted by molar-refractivity contribution is 0.414. The van der Waals surface area contributed by atoms with Gasteiger partial charge in [-0.1, -0.05) is 35.1 Å². The van der Waals surface area contributed by atoms with Crippen molar-refractivity contribution in [2.75, 3.05) is 7.11 Å². The average molecular weight is 443 g/mol. The van der Waals surface area contributed by atoms with Crippen molar-refractivity contribution in [1.29, 1.82) is 0 Å². The highest BCUT2D eigenvalue weighted by Gasteiger charge is 2.06. The van der Waals surface area contributed by atoms with E-state index in [-0.39, 0.29) is 21.8 Å². The van der Waals surface area contributed by atoms with Gasteiger partial charge in [-0.3, -0.25) is 4.79 Å². The molecule has 0 saturated carbocycles. The van der Waals surface area contributed by atoms with Gasteiger partial charge in [0.1, 0.15) is 33.7 Å². The van der Waals surface area contributed by atoms with Gasteiger partial charge >= 0.3 is 0 Å². The molecular formula is C25H21N3O5. The fourth-order valence-corrected chi connectivity index (χ4v) is 3.12. The van der Waals surface area contributed by atoms with E-state index in [1.807, 2.05) is 24.3 Å². The molecule has 33 heavy (non-hydrogen) atoms. The molecule has 0 spiro atoms. The summed E-state index contributed by atoms with van der Waals surface area (Å²) in [4.78, 5) is 12.1. The van der Waals surface area contributed by atoms with E-state index in [4.69, 9.17) is 13.9 Å². The molecule has 0 aliphatic rings. The van der Waals surface area contributed by atoms with Crippen LogP contribution >= 0.6 is 0 Å². The second kappa shape index (κ2) is 9.27. The monoisotopic (exact) mass is 443 g/mol. The van der Waals surface area contributed by atoms with Crippen molar-refractivity contribution in [3.8, 4) is 23.1 Å². The smallest absolute Gasteiger partial charge is 0.259 e. The molecule has 2 heterocycles. The minimum absolute atomic E-state index is 0.0387. The van der Waals surface area contributed by atoms with E-state index in [2.05, 4.69) is 16.9 Å². The molecule has 8 heteroatoms. The van der Waals surface area contributed by atoms with Crippen LogP contribution in [-0.4, -0.2) is 27.2 Å². The van der Waals surface area contributed by atoms with Gasteiger partial charge in [0.25, 0.3) is 5.88 Å². The number of aryl methyl sites for hydroxylation is 1. The predicted molar refractivity (Wildman–Crippen MR) is 124 cm³/mol. The van der Waals surface area contributed by atoms with E-state index in [0.29, 0.717) is 17.4 Å². The summed E-state index contributed by atoms with van der Waals surface area (Å²) in [7, 11) is 1.61. The number of aromatic nitrogens is 3. The van der Waals surface area contributed by atoms with Crippen LogP contribution in [0.1, 0.15) is 11.3 Å². The number of ether oxygens (including phenoxy) is 2. The highest BCUT2D eigenvalue weighted by molar-refractivity contribution is 5.62. The molecule has 0 unspecified atom stereocenters. The summed E-state index contributed by atoms with van der Waals surface area (Å²) in [6.45, 7) is 5.33. The molecular weight excluding hydrogens is 422 g/mol. The number of hydrogen-bond donors (Lipinski definition) is 1. The van der Waals surface area contributed by atoms with Gasteiger partial charge in [-0.25, -0.2) is 4.68 Å². The standard InChI is InChI=1S/C25H21N3O5/c1-16-14-23(30)25(17(2)32-16)22(29)13-6-18-4-9-21(10-5-18)33-24-15-28(27-26-24)19-7-11-20(31-3)12-8-19/h4-15,29H,2H2,1,3H3/b13-6+,25-22?. The fourth-order valence-electron chi connectivity index (χ4n) is 3.12. The minimum atomic E-state index is -0.350. The van der Waals surface area contributed by atoms with Crippen molar-refractivity contribution in [2.24, 2.45) is 0 Å². The Morgan fingerprint density at radius 1 is 1.12 bits per heavy atom. The van der Waals surface area contributed by atoms with Gasteiger partial charge in [-0.15, -0.1) is 0 Å². The lowest BCUT2D eigenvalue weighted by atomic mass is 10.2. The molecule has 0 saturated heterocycles. The lowest BCUT2D eigenvalue weighted by Crippen LogP contribution is -2.39. The molecule has 0 aliphatic carbocycles. The highest BCUT2D eigenvalue weighted by atomic mass is 16.5. The third-order valence-electron chi connectivity index (χ3n) is 4.75. The summed E-state index contributed by atoms with van der Waals surface area (Å²) in [6, 6.07) is 15.8. The van der Waals surface area contributed by atoms with Gasteiger partial charge in [0.05, 0.1) is 19.0 Å². The summed E-state index contributed by atoms with van der Waals surface area (Å²) in [5.74, 6) is 1.88. The normalized spacial score (nSPS) is 12.1. The average Bonchev–Trinajstić information content (AvgIpc) is 3.26. The Kier molecular flexibility index (Phi) is 6.08. The van der Waals surface area contributed by atoms with Crippen LogP contribution in [0.2, 0.25) is 0 Å². The van der Waals surface area contributed by atoms with Crippen LogP contribution in [0.3, 0.4) is 0 Å². The van der Waals surface area contributed by atoms with Crippen molar-refractivity contribution < 1.29 is 19.0 Å². The minimum Gasteiger partial charge on any atom is -0.507 e. The van der Waals surface area contributed by atoms with Gasteiger partial charge in [0.2, 0.25) is 0 Å². The van der Waals surface area contributed by atoms with Crippen LogP contribution in [0, 0.1) is 6.92 Å². The zero-order chi connectivity index (χ0) is 23.4. The second-order valence-electron chi connectivity index (χ2n) is 7.11. The molecule has 4 aromatic rings. The Morgan fingerprint density at radius 3 is 2.48 bits per heavy atom. The molecule has 166 valence electrons. The third kappa shape index (κ3) is 5.01. The molecule has 1 N–H and O–H groups in total. The number of methoxy groups -OCH3 is 1.